The first kappa shape index (κ1) is 14.5. The maximum atomic E-state index is 5.88. The Bertz CT molecular complexity index is 371. The third-order valence-electron chi connectivity index (χ3n) is 3.22. The molecule has 17 heavy (non-hydrogen) atoms. The molecule has 0 aromatic heterocycles. The van der Waals surface area contributed by atoms with E-state index in [1.54, 1.807) is 7.11 Å². The van der Waals surface area contributed by atoms with Crippen molar-refractivity contribution >= 4 is 15.9 Å². The minimum Gasteiger partial charge on any atom is -0.496 e. The van der Waals surface area contributed by atoms with Crippen molar-refractivity contribution in [3.8, 4) is 5.75 Å². The number of halogens is 1. The van der Waals surface area contributed by atoms with Gasteiger partial charge in [0.1, 0.15) is 5.75 Å². The molecule has 0 heterocycles. The summed E-state index contributed by atoms with van der Waals surface area (Å²) in [6.07, 6.45) is 0.947. The molecule has 96 valence electrons. The van der Waals surface area contributed by atoms with E-state index in [0.717, 1.165) is 16.6 Å². The first-order valence-corrected chi connectivity index (χ1v) is 6.70. The maximum Gasteiger partial charge on any atom is 0.122 e. The van der Waals surface area contributed by atoms with Gasteiger partial charge in [-0.15, -0.1) is 0 Å². The van der Waals surface area contributed by atoms with Crippen molar-refractivity contribution in [3.63, 3.8) is 0 Å². The molecule has 0 aliphatic rings. The molecule has 0 aliphatic heterocycles. The molecule has 3 heteroatoms. The Labute approximate surface area is 113 Å². The summed E-state index contributed by atoms with van der Waals surface area (Å²) < 4.78 is 6.48. The van der Waals surface area contributed by atoms with Crippen LogP contribution in [0, 0.1) is 11.3 Å². The summed E-state index contributed by atoms with van der Waals surface area (Å²) in [7, 11) is 1.71. The summed E-state index contributed by atoms with van der Waals surface area (Å²) in [5, 5.41) is 0. The topological polar surface area (TPSA) is 35.2 Å². The van der Waals surface area contributed by atoms with Crippen LogP contribution in [-0.2, 0) is 6.42 Å². The highest BCUT2D eigenvalue weighted by atomic mass is 79.9. The van der Waals surface area contributed by atoms with Gasteiger partial charge in [0.15, 0.2) is 0 Å². The van der Waals surface area contributed by atoms with E-state index in [4.69, 9.17) is 10.5 Å². The SMILES string of the molecule is COc1ccc(Br)cc1CC(CN)C(C)(C)C. The molecule has 0 saturated heterocycles. The summed E-state index contributed by atoms with van der Waals surface area (Å²) in [5.74, 6) is 1.39. The quantitative estimate of drug-likeness (QED) is 0.921. The van der Waals surface area contributed by atoms with Gasteiger partial charge in [-0.1, -0.05) is 36.7 Å². The zero-order valence-electron chi connectivity index (χ0n) is 11.1. The van der Waals surface area contributed by atoms with Crippen LogP contribution in [0.15, 0.2) is 22.7 Å². The van der Waals surface area contributed by atoms with E-state index in [-0.39, 0.29) is 5.41 Å². The minimum atomic E-state index is 0.210. The average Bonchev–Trinajstić information content (AvgIpc) is 2.24. The van der Waals surface area contributed by atoms with Gasteiger partial charge in [-0.05, 0) is 48.1 Å². The van der Waals surface area contributed by atoms with Crippen molar-refractivity contribution in [2.24, 2.45) is 17.1 Å². The lowest BCUT2D eigenvalue weighted by atomic mass is 9.77. The van der Waals surface area contributed by atoms with Crippen LogP contribution in [-0.4, -0.2) is 13.7 Å². The largest absolute Gasteiger partial charge is 0.496 e. The van der Waals surface area contributed by atoms with Crippen molar-refractivity contribution in [2.45, 2.75) is 27.2 Å². The molecule has 1 aromatic carbocycles. The Morgan fingerprint density at radius 2 is 2.00 bits per heavy atom. The molecule has 0 radical (unpaired) electrons. The lowest BCUT2D eigenvalue weighted by Gasteiger charge is -2.30. The molecule has 2 N–H and O–H groups in total. The highest BCUT2D eigenvalue weighted by molar-refractivity contribution is 9.10. The summed E-state index contributed by atoms with van der Waals surface area (Å²) in [6, 6.07) is 6.11. The van der Waals surface area contributed by atoms with Crippen LogP contribution >= 0.6 is 15.9 Å². The Balaban J connectivity index is 2.96. The van der Waals surface area contributed by atoms with Gasteiger partial charge in [-0.25, -0.2) is 0 Å². The second-order valence-electron chi connectivity index (χ2n) is 5.46. The van der Waals surface area contributed by atoms with E-state index >= 15 is 0 Å². The molecule has 0 bridgehead atoms. The molecule has 1 unspecified atom stereocenters. The molecule has 0 aliphatic carbocycles. The maximum absolute atomic E-state index is 5.88. The van der Waals surface area contributed by atoms with Crippen molar-refractivity contribution in [1.29, 1.82) is 0 Å². The lowest BCUT2D eigenvalue weighted by molar-refractivity contribution is 0.243. The lowest BCUT2D eigenvalue weighted by Crippen LogP contribution is -2.30. The molecule has 0 amide bonds. The Morgan fingerprint density at radius 3 is 2.47 bits per heavy atom. The second kappa shape index (κ2) is 5.87. The Kier molecular flexibility index (Phi) is 5.02. The summed E-state index contributed by atoms with van der Waals surface area (Å²) in [5.41, 5.74) is 7.31. The van der Waals surface area contributed by atoms with Gasteiger partial charge in [-0.3, -0.25) is 0 Å². The van der Waals surface area contributed by atoms with Crippen LogP contribution in [0.2, 0.25) is 0 Å². The smallest absolute Gasteiger partial charge is 0.122 e. The van der Waals surface area contributed by atoms with Gasteiger partial charge in [0.2, 0.25) is 0 Å². The number of rotatable bonds is 4. The normalized spacial score (nSPS) is 13.5. The summed E-state index contributed by atoms with van der Waals surface area (Å²) in [4.78, 5) is 0. The Hall–Kier alpha value is -0.540. The fourth-order valence-electron chi connectivity index (χ4n) is 1.92. The van der Waals surface area contributed by atoms with Crippen LogP contribution in [0.25, 0.3) is 0 Å². The van der Waals surface area contributed by atoms with Gasteiger partial charge in [0.25, 0.3) is 0 Å². The fraction of sp³-hybridized carbons (Fsp3) is 0.571. The van der Waals surface area contributed by atoms with Gasteiger partial charge in [0, 0.05) is 4.47 Å². The highest BCUT2D eigenvalue weighted by Gasteiger charge is 2.24. The Morgan fingerprint density at radius 1 is 1.35 bits per heavy atom. The predicted octanol–water partition coefficient (Wildman–Crippen LogP) is 3.62. The molecular formula is C14H22BrNO. The fourth-order valence-corrected chi connectivity index (χ4v) is 2.32. The third kappa shape index (κ3) is 4.00. The number of hydrogen-bond donors (Lipinski definition) is 1. The van der Waals surface area contributed by atoms with E-state index in [2.05, 4.69) is 42.8 Å². The van der Waals surface area contributed by atoms with Crippen LogP contribution in [0.4, 0.5) is 0 Å². The van der Waals surface area contributed by atoms with Crippen LogP contribution in [0.3, 0.4) is 0 Å². The van der Waals surface area contributed by atoms with Gasteiger partial charge in [-0.2, -0.15) is 0 Å². The molecule has 0 fully saturated rings. The first-order chi connectivity index (χ1) is 7.88. The monoisotopic (exact) mass is 299 g/mol. The minimum absolute atomic E-state index is 0.210. The highest BCUT2D eigenvalue weighted by Crippen LogP contribution is 2.32. The van der Waals surface area contributed by atoms with Crippen molar-refractivity contribution in [3.05, 3.63) is 28.2 Å². The van der Waals surface area contributed by atoms with E-state index in [1.807, 2.05) is 12.1 Å². The molecule has 1 aromatic rings. The summed E-state index contributed by atoms with van der Waals surface area (Å²) >= 11 is 3.50. The molecular weight excluding hydrogens is 278 g/mol. The summed E-state index contributed by atoms with van der Waals surface area (Å²) in [6.45, 7) is 7.39. The van der Waals surface area contributed by atoms with E-state index in [9.17, 15) is 0 Å². The third-order valence-corrected chi connectivity index (χ3v) is 3.71. The van der Waals surface area contributed by atoms with Gasteiger partial charge >= 0.3 is 0 Å². The van der Waals surface area contributed by atoms with Gasteiger partial charge in [0.05, 0.1) is 7.11 Å². The number of methoxy groups -OCH3 is 1. The molecule has 0 saturated carbocycles. The van der Waals surface area contributed by atoms with Crippen LogP contribution in [0.5, 0.6) is 5.75 Å². The standard InChI is InChI=1S/C14H22BrNO/c1-14(2,3)11(9-16)7-10-8-12(15)5-6-13(10)17-4/h5-6,8,11H,7,9,16H2,1-4H3. The van der Waals surface area contributed by atoms with Crippen LogP contribution < -0.4 is 10.5 Å². The number of ether oxygens (including phenoxy) is 1. The van der Waals surface area contributed by atoms with E-state index in [1.165, 1.54) is 5.56 Å². The number of hydrogen-bond acceptors (Lipinski definition) is 2. The molecule has 0 spiro atoms. The molecule has 1 atom stereocenters. The van der Waals surface area contributed by atoms with Crippen molar-refractivity contribution < 1.29 is 4.74 Å². The van der Waals surface area contributed by atoms with Gasteiger partial charge < -0.3 is 10.5 Å². The number of benzene rings is 1. The zero-order valence-corrected chi connectivity index (χ0v) is 12.7. The van der Waals surface area contributed by atoms with E-state index < -0.39 is 0 Å². The second-order valence-corrected chi connectivity index (χ2v) is 6.37. The predicted molar refractivity (Wildman–Crippen MR) is 76.4 cm³/mol. The molecule has 1 rings (SSSR count). The molecule has 2 nitrogen and oxygen atoms in total. The number of nitrogens with two attached hydrogens (primary N) is 1. The first-order valence-electron chi connectivity index (χ1n) is 5.91. The van der Waals surface area contributed by atoms with Crippen LogP contribution in [0.1, 0.15) is 26.3 Å². The average molecular weight is 300 g/mol. The zero-order chi connectivity index (χ0) is 13.1. The van der Waals surface area contributed by atoms with Crippen molar-refractivity contribution in [2.75, 3.05) is 13.7 Å². The van der Waals surface area contributed by atoms with Crippen molar-refractivity contribution in [1.82, 2.24) is 0 Å². The van der Waals surface area contributed by atoms with E-state index in [0.29, 0.717) is 12.5 Å².